The molecule has 0 aromatic heterocycles. The first-order chi connectivity index (χ1) is 7.12. The van der Waals surface area contributed by atoms with E-state index in [0.29, 0.717) is 5.91 Å². The van der Waals surface area contributed by atoms with Gasteiger partial charge < -0.3 is 4.90 Å². The van der Waals surface area contributed by atoms with E-state index >= 15 is 0 Å². The van der Waals surface area contributed by atoms with Crippen molar-refractivity contribution < 1.29 is 4.79 Å². The van der Waals surface area contributed by atoms with E-state index in [1.807, 2.05) is 4.90 Å². The summed E-state index contributed by atoms with van der Waals surface area (Å²) in [6.07, 6.45) is 5.21. The molecule has 1 aliphatic carbocycles. The molecule has 0 N–H and O–H groups in total. The van der Waals surface area contributed by atoms with Crippen molar-refractivity contribution in [3.8, 4) is 0 Å². The standard InChI is InChI=1S/C13H17NO/c1-9-5-7-14-11(15)8-13(2)6-3-4-10(9)12(13)14/h1,3-8H2,2H3. The Bertz CT molecular complexity index is 393. The van der Waals surface area contributed by atoms with Gasteiger partial charge in [0.2, 0.25) is 5.91 Å². The van der Waals surface area contributed by atoms with E-state index in [4.69, 9.17) is 0 Å². The van der Waals surface area contributed by atoms with Crippen LogP contribution in [0.3, 0.4) is 0 Å². The van der Waals surface area contributed by atoms with Crippen LogP contribution >= 0.6 is 0 Å². The maximum atomic E-state index is 11.9. The predicted octanol–water partition coefficient (Wildman–Crippen LogP) is 2.62. The molecular formula is C13H17NO. The van der Waals surface area contributed by atoms with Crippen molar-refractivity contribution in [1.82, 2.24) is 4.90 Å². The van der Waals surface area contributed by atoms with Crippen LogP contribution in [0.2, 0.25) is 0 Å². The van der Waals surface area contributed by atoms with Gasteiger partial charge in [-0.15, -0.1) is 0 Å². The van der Waals surface area contributed by atoms with Crippen LogP contribution < -0.4 is 0 Å². The van der Waals surface area contributed by atoms with Crippen molar-refractivity contribution in [2.75, 3.05) is 6.54 Å². The zero-order valence-electron chi connectivity index (χ0n) is 9.31. The molecule has 80 valence electrons. The first-order valence-corrected chi connectivity index (χ1v) is 5.84. The molecule has 1 unspecified atom stereocenters. The molecule has 0 aromatic rings. The van der Waals surface area contributed by atoms with Gasteiger partial charge in [-0.3, -0.25) is 4.79 Å². The third-order valence-electron chi connectivity index (χ3n) is 4.19. The highest BCUT2D eigenvalue weighted by Gasteiger charge is 2.48. The lowest BCUT2D eigenvalue weighted by Crippen LogP contribution is -2.33. The Labute approximate surface area is 90.6 Å². The lowest BCUT2D eigenvalue weighted by atomic mass is 9.72. The Balaban J connectivity index is 2.20. The molecule has 0 spiro atoms. The van der Waals surface area contributed by atoms with E-state index < -0.39 is 0 Å². The van der Waals surface area contributed by atoms with Crippen LogP contribution in [0.4, 0.5) is 0 Å². The summed E-state index contributed by atoms with van der Waals surface area (Å²) in [5.74, 6) is 0.333. The van der Waals surface area contributed by atoms with Crippen molar-refractivity contribution in [3.05, 3.63) is 23.4 Å². The molecule has 2 nitrogen and oxygen atoms in total. The maximum absolute atomic E-state index is 11.9. The molecule has 0 bridgehead atoms. The number of amides is 1. The highest BCUT2D eigenvalue weighted by Crippen LogP contribution is 2.53. The van der Waals surface area contributed by atoms with Gasteiger partial charge >= 0.3 is 0 Å². The Hall–Kier alpha value is -1.05. The number of carbonyl (C=O) groups is 1. The number of allylic oxidation sites excluding steroid dienone is 2. The number of hydrogen-bond acceptors (Lipinski definition) is 1. The zero-order valence-corrected chi connectivity index (χ0v) is 9.31. The van der Waals surface area contributed by atoms with Crippen LogP contribution in [0.25, 0.3) is 0 Å². The molecule has 0 radical (unpaired) electrons. The summed E-state index contributed by atoms with van der Waals surface area (Å²) in [6.45, 7) is 7.27. The topological polar surface area (TPSA) is 20.3 Å². The third-order valence-corrected chi connectivity index (χ3v) is 4.19. The number of nitrogens with zero attached hydrogens (tertiary/aromatic N) is 1. The summed E-state index contributed by atoms with van der Waals surface area (Å²) < 4.78 is 0. The first-order valence-electron chi connectivity index (χ1n) is 5.84. The van der Waals surface area contributed by atoms with E-state index in [9.17, 15) is 4.79 Å². The Morgan fingerprint density at radius 1 is 1.40 bits per heavy atom. The molecule has 2 aliphatic heterocycles. The minimum atomic E-state index is 0.133. The van der Waals surface area contributed by atoms with Gasteiger partial charge in [0.1, 0.15) is 0 Å². The third kappa shape index (κ3) is 1.08. The smallest absolute Gasteiger partial charge is 0.227 e. The Morgan fingerprint density at radius 2 is 2.20 bits per heavy atom. The molecule has 2 heterocycles. The van der Waals surface area contributed by atoms with Gasteiger partial charge in [-0.05, 0) is 36.8 Å². The molecule has 0 aromatic carbocycles. The van der Waals surface area contributed by atoms with Gasteiger partial charge in [-0.1, -0.05) is 13.5 Å². The second-order valence-corrected chi connectivity index (χ2v) is 5.32. The molecule has 1 atom stereocenters. The zero-order chi connectivity index (χ0) is 10.6. The van der Waals surface area contributed by atoms with Gasteiger partial charge in [0.05, 0.1) is 0 Å². The normalized spacial score (nSPS) is 34.9. The average Bonchev–Trinajstić information content (AvgIpc) is 2.44. The van der Waals surface area contributed by atoms with Crippen LogP contribution in [0, 0.1) is 5.41 Å². The fourth-order valence-electron chi connectivity index (χ4n) is 3.45. The van der Waals surface area contributed by atoms with Crippen molar-refractivity contribution >= 4 is 5.91 Å². The molecule has 2 heteroatoms. The van der Waals surface area contributed by atoms with Gasteiger partial charge in [-0.2, -0.15) is 0 Å². The second-order valence-electron chi connectivity index (χ2n) is 5.32. The van der Waals surface area contributed by atoms with Crippen molar-refractivity contribution in [1.29, 1.82) is 0 Å². The summed E-state index contributed by atoms with van der Waals surface area (Å²) in [6, 6.07) is 0. The lowest BCUT2D eigenvalue weighted by Gasteiger charge is -2.38. The maximum Gasteiger partial charge on any atom is 0.227 e. The summed E-state index contributed by atoms with van der Waals surface area (Å²) in [5, 5.41) is 0. The van der Waals surface area contributed by atoms with E-state index in [-0.39, 0.29) is 5.41 Å². The number of hydrogen-bond donors (Lipinski definition) is 0. The monoisotopic (exact) mass is 203 g/mol. The molecule has 3 aliphatic rings. The summed E-state index contributed by atoms with van der Waals surface area (Å²) >= 11 is 0. The minimum absolute atomic E-state index is 0.133. The van der Waals surface area contributed by atoms with Gasteiger partial charge in [0, 0.05) is 24.1 Å². The molecule has 15 heavy (non-hydrogen) atoms. The van der Waals surface area contributed by atoms with E-state index in [0.717, 1.165) is 25.8 Å². The van der Waals surface area contributed by atoms with Crippen LogP contribution in [-0.2, 0) is 4.79 Å². The van der Waals surface area contributed by atoms with Crippen LogP contribution in [0.5, 0.6) is 0 Å². The summed E-state index contributed by atoms with van der Waals surface area (Å²) in [7, 11) is 0. The van der Waals surface area contributed by atoms with Gasteiger partial charge in [-0.25, -0.2) is 0 Å². The fourth-order valence-corrected chi connectivity index (χ4v) is 3.45. The molecule has 3 rings (SSSR count). The summed E-state index contributed by atoms with van der Waals surface area (Å²) in [4.78, 5) is 14.0. The fraction of sp³-hybridized carbons (Fsp3) is 0.615. The number of carbonyl (C=O) groups excluding carboxylic acids is 1. The highest BCUT2D eigenvalue weighted by molar-refractivity contribution is 5.84. The van der Waals surface area contributed by atoms with Crippen molar-refractivity contribution in [3.63, 3.8) is 0 Å². The Morgan fingerprint density at radius 3 is 3.00 bits per heavy atom. The van der Waals surface area contributed by atoms with Crippen molar-refractivity contribution in [2.24, 2.45) is 5.41 Å². The van der Waals surface area contributed by atoms with Gasteiger partial charge in [0.25, 0.3) is 0 Å². The average molecular weight is 203 g/mol. The SMILES string of the molecule is C=C1CCN2C(=O)CC3(C)CCCC1=C23. The van der Waals surface area contributed by atoms with E-state index in [1.165, 1.54) is 29.7 Å². The molecule has 1 fully saturated rings. The first kappa shape index (κ1) is 9.20. The second kappa shape index (κ2) is 2.75. The van der Waals surface area contributed by atoms with Crippen LogP contribution in [0.15, 0.2) is 23.4 Å². The quantitative estimate of drug-likeness (QED) is 0.592. The van der Waals surface area contributed by atoms with E-state index in [2.05, 4.69) is 13.5 Å². The highest BCUT2D eigenvalue weighted by atomic mass is 16.2. The Kier molecular flexibility index (Phi) is 1.68. The lowest BCUT2D eigenvalue weighted by molar-refractivity contribution is -0.127. The molecule has 1 saturated heterocycles. The van der Waals surface area contributed by atoms with Gasteiger partial charge in [0.15, 0.2) is 0 Å². The predicted molar refractivity (Wildman–Crippen MR) is 59.1 cm³/mol. The number of rotatable bonds is 0. The molecular weight excluding hydrogens is 186 g/mol. The molecule has 0 saturated carbocycles. The molecule has 1 amide bonds. The van der Waals surface area contributed by atoms with Crippen LogP contribution in [0.1, 0.15) is 39.0 Å². The van der Waals surface area contributed by atoms with E-state index in [1.54, 1.807) is 0 Å². The van der Waals surface area contributed by atoms with Crippen molar-refractivity contribution in [2.45, 2.75) is 39.0 Å². The van der Waals surface area contributed by atoms with Crippen LogP contribution in [-0.4, -0.2) is 17.4 Å². The summed E-state index contributed by atoms with van der Waals surface area (Å²) in [5.41, 5.74) is 4.14. The minimum Gasteiger partial charge on any atom is -0.315 e. The largest absolute Gasteiger partial charge is 0.315 e.